The lowest BCUT2D eigenvalue weighted by Crippen LogP contribution is -2.49. The van der Waals surface area contributed by atoms with E-state index in [4.69, 9.17) is 0 Å². The van der Waals surface area contributed by atoms with Gasteiger partial charge in [-0.15, -0.1) is 10.2 Å². The Labute approximate surface area is 118 Å². The van der Waals surface area contributed by atoms with Crippen LogP contribution in [0.15, 0.2) is 6.33 Å². The van der Waals surface area contributed by atoms with Crippen LogP contribution in [0, 0.1) is 11.8 Å². The van der Waals surface area contributed by atoms with E-state index < -0.39 is 5.97 Å². The third-order valence-electron chi connectivity index (χ3n) is 4.96. The number of rotatable bonds is 3. The van der Waals surface area contributed by atoms with Gasteiger partial charge in [-0.1, -0.05) is 13.3 Å². The Bertz CT molecular complexity index is 487. The van der Waals surface area contributed by atoms with Gasteiger partial charge in [-0.3, -0.25) is 9.69 Å². The summed E-state index contributed by atoms with van der Waals surface area (Å²) in [6, 6.07) is 0.150. The van der Waals surface area contributed by atoms with Gasteiger partial charge in [-0.2, -0.15) is 0 Å². The lowest BCUT2D eigenvalue weighted by atomic mass is 9.76. The van der Waals surface area contributed by atoms with E-state index in [9.17, 15) is 9.90 Å². The summed E-state index contributed by atoms with van der Waals surface area (Å²) in [7, 11) is 0. The van der Waals surface area contributed by atoms with E-state index in [0.29, 0.717) is 5.92 Å². The summed E-state index contributed by atoms with van der Waals surface area (Å²) in [6.45, 7) is 4.69. The zero-order chi connectivity index (χ0) is 14.1. The molecule has 1 aromatic rings. The molecule has 20 heavy (non-hydrogen) atoms. The van der Waals surface area contributed by atoms with Crippen LogP contribution in [0.25, 0.3) is 0 Å². The zero-order valence-electron chi connectivity index (χ0n) is 11.9. The molecule has 1 N–H and O–H groups in total. The van der Waals surface area contributed by atoms with Gasteiger partial charge in [0.05, 0.1) is 12.5 Å². The van der Waals surface area contributed by atoms with Crippen LogP contribution in [-0.2, 0) is 17.9 Å². The van der Waals surface area contributed by atoms with Gasteiger partial charge >= 0.3 is 5.97 Å². The van der Waals surface area contributed by atoms with Crippen molar-refractivity contribution in [1.29, 1.82) is 0 Å². The minimum Gasteiger partial charge on any atom is -0.481 e. The molecule has 0 radical (unpaired) electrons. The normalized spacial score (nSPS) is 30.9. The standard InChI is InChI=1S/C14H22N4O2/c1-2-10-3-4-11(14(19)20)12(7-10)17-5-6-18-9-15-16-13(18)8-17/h9-12H,2-8H2,1H3,(H,19,20). The first-order chi connectivity index (χ1) is 9.69. The van der Waals surface area contributed by atoms with Gasteiger partial charge in [0.1, 0.15) is 12.2 Å². The third kappa shape index (κ3) is 2.44. The molecule has 1 aliphatic heterocycles. The lowest BCUT2D eigenvalue weighted by Gasteiger charge is -2.42. The number of hydrogen-bond donors (Lipinski definition) is 1. The molecule has 2 heterocycles. The number of carbonyl (C=O) groups is 1. The van der Waals surface area contributed by atoms with E-state index in [-0.39, 0.29) is 12.0 Å². The predicted molar refractivity (Wildman–Crippen MR) is 73.0 cm³/mol. The zero-order valence-corrected chi connectivity index (χ0v) is 11.9. The average Bonchev–Trinajstić information content (AvgIpc) is 2.93. The van der Waals surface area contributed by atoms with Gasteiger partial charge in [-0.05, 0) is 25.2 Å². The largest absolute Gasteiger partial charge is 0.481 e. The van der Waals surface area contributed by atoms with E-state index >= 15 is 0 Å². The van der Waals surface area contributed by atoms with Gasteiger partial charge in [-0.25, -0.2) is 0 Å². The van der Waals surface area contributed by atoms with Crippen LogP contribution < -0.4 is 0 Å². The molecule has 6 heteroatoms. The number of hydrogen-bond acceptors (Lipinski definition) is 4. The molecule has 0 spiro atoms. The maximum Gasteiger partial charge on any atom is 0.308 e. The first-order valence-electron chi connectivity index (χ1n) is 7.52. The van der Waals surface area contributed by atoms with Crippen molar-refractivity contribution >= 4 is 5.97 Å². The maximum absolute atomic E-state index is 11.5. The molecular weight excluding hydrogens is 256 g/mol. The molecule has 0 saturated heterocycles. The summed E-state index contributed by atoms with van der Waals surface area (Å²) in [5.74, 6) is 0.748. The van der Waals surface area contributed by atoms with Crippen LogP contribution in [0.5, 0.6) is 0 Å². The van der Waals surface area contributed by atoms with E-state index in [1.807, 2.05) is 0 Å². The summed E-state index contributed by atoms with van der Waals surface area (Å²) in [6.07, 6.45) is 5.77. The Balaban J connectivity index is 1.77. The minimum atomic E-state index is -0.642. The number of nitrogens with zero attached hydrogens (tertiary/aromatic N) is 4. The average molecular weight is 278 g/mol. The Morgan fingerprint density at radius 3 is 3.05 bits per heavy atom. The molecule has 0 amide bonds. The smallest absolute Gasteiger partial charge is 0.308 e. The Morgan fingerprint density at radius 2 is 2.30 bits per heavy atom. The molecule has 1 saturated carbocycles. The van der Waals surface area contributed by atoms with Gasteiger partial charge in [0, 0.05) is 19.1 Å². The van der Waals surface area contributed by atoms with E-state index in [1.54, 1.807) is 6.33 Å². The van der Waals surface area contributed by atoms with E-state index in [1.165, 1.54) is 0 Å². The second-order valence-corrected chi connectivity index (χ2v) is 6.01. The van der Waals surface area contributed by atoms with Gasteiger partial charge in [0.15, 0.2) is 0 Å². The van der Waals surface area contributed by atoms with Gasteiger partial charge in [0.2, 0.25) is 0 Å². The number of aromatic nitrogens is 3. The Kier molecular flexibility index (Phi) is 3.74. The molecule has 1 aromatic heterocycles. The van der Waals surface area contributed by atoms with Gasteiger partial charge in [0.25, 0.3) is 0 Å². The topological polar surface area (TPSA) is 71.2 Å². The van der Waals surface area contributed by atoms with Gasteiger partial charge < -0.3 is 9.67 Å². The Morgan fingerprint density at radius 1 is 1.45 bits per heavy atom. The molecule has 6 nitrogen and oxygen atoms in total. The second-order valence-electron chi connectivity index (χ2n) is 6.01. The van der Waals surface area contributed by atoms with Crippen molar-refractivity contribution in [2.45, 2.75) is 51.7 Å². The van der Waals surface area contributed by atoms with Crippen LogP contribution in [0.1, 0.15) is 38.4 Å². The Hall–Kier alpha value is -1.43. The quantitative estimate of drug-likeness (QED) is 0.904. The lowest BCUT2D eigenvalue weighted by molar-refractivity contribution is -0.146. The summed E-state index contributed by atoms with van der Waals surface area (Å²) >= 11 is 0. The summed E-state index contributed by atoms with van der Waals surface area (Å²) < 4.78 is 2.06. The molecule has 0 aromatic carbocycles. The molecule has 1 fully saturated rings. The molecular formula is C14H22N4O2. The molecule has 110 valence electrons. The number of fused-ring (bicyclic) bond motifs is 1. The first-order valence-corrected chi connectivity index (χ1v) is 7.52. The maximum atomic E-state index is 11.5. The van der Waals surface area contributed by atoms with Crippen molar-refractivity contribution in [3.05, 3.63) is 12.2 Å². The van der Waals surface area contributed by atoms with Crippen molar-refractivity contribution in [3.63, 3.8) is 0 Å². The number of carboxylic acids is 1. The SMILES string of the molecule is CCC1CCC(C(=O)O)C(N2CCn3cnnc3C2)C1. The fourth-order valence-electron chi connectivity index (χ4n) is 3.66. The van der Waals surface area contributed by atoms with E-state index in [0.717, 1.165) is 51.1 Å². The highest BCUT2D eigenvalue weighted by atomic mass is 16.4. The fraction of sp³-hybridized carbons (Fsp3) is 0.786. The summed E-state index contributed by atoms with van der Waals surface area (Å²) in [5.41, 5.74) is 0. The highest BCUT2D eigenvalue weighted by molar-refractivity contribution is 5.71. The van der Waals surface area contributed by atoms with Crippen molar-refractivity contribution < 1.29 is 9.90 Å². The second kappa shape index (κ2) is 5.52. The molecule has 1 aliphatic carbocycles. The number of aliphatic carboxylic acids is 1. The monoisotopic (exact) mass is 278 g/mol. The van der Waals surface area contributed by atoms with Crippen LogP contribution in [0.2, 0.25) is 0 Å². The first kappa shape index (κ1) is 13.5. The van der Waals surface area contributed by atoms with E-state index in [2.05, 4.69) is 26.6 Å². The van der Waals surface area contributed by atoms with Crippen molar-refractivity contribution in [1.82, 2.24) is 19.7 Å². The molecule has 3 unspecified atom stereocenters. The molecule has 3 atom stereocenters. The van der Waals surface area contributed by atoms with Crippen LogP contribution in [-0.4, -0.2) is 43.3 Å². The van der Waals surface area contributed by atoms with Crippen molar-refractivity contribution in [2.24, 2.45) is 11.8 Å². The summed E-state index contributed by atoms with van der Waals surface area (Å²) in [4.78, 5) is 13.8. The molecule has 2 aliphatic rings. The van der Waals surface area contributed by atoms with Crippen LogP contribution in [0.3, 0.4) is 0 Å². The summed E-state index contributed by atoms with van der Waals surface area (Å²) in [5, 5.41) is 17.6. The minimum absolute atomic E-state index is 0.150. The molecule has 3 rings (SSSR count). The fourth-order valence-corrected chi connectivity index (χ4v) is 3.66. The highest BCUT2D eigenvalue weighted by Gasteiger charge is 2.39. The number of carboxylic acid groups (broad SMARTS) is 1. The van der Waals surface area contributed by atoms with Crippen molar-refractivity contribution in [2.75, 3.05) is 6.54 Å². The third-order valence-corrected chi connectivity index (χ3v) is 4.96. The van der Waals surface area contributed by atoms with Crippen LogP contribution >= 0.6 is 0 Å². The van der Waals surface area contributed by atoms with Crippen LogP contribution in [0.4, 0.5) is 0 Å². The predicted octanol–water partition coefficient (Wildman–Crippen LogP) is 1.37. The molecule has 0 bridgehead atoms. The highest BCUT2D eigenvalue weighted by Crippen LogP contribution is 2.35. The van der Waals surface area contributed by atoms with Crippen molar-refractivity contribution in [3.8, 4) is 0 Å².